The summed E-state index contributed by atoms with van der Waals surface area (Å²) in [6.07, 6.45) is 0. The molecule has 2 aromatic rings. The van der Waals surface area contributed by atoms with Gasteiger partial charge in [0.25, 0.3) is 0 Å². The Bertz CT molecular complexity index is 623. The lowest BCUT2D eigenvalue weighted by atomic mass is 9.88. The van der Waals surface area contributed by atoms with E-state index in [1.54, 1.807) is 6.07 Å². The van der Waals surface area contributed by atoms with Gasteiger partial charge in [-0.1, -0.05) is 6.92 Å². The van der Waals surface area contributed by atoms with Gasteiger partial charge in [0, 0.05) is 28.7 Å². The molecule has 0 unspecified atom stereocenters. The highest BCUT2D eigenvalue weighted by atomic mass is 19.1. The number of anilines is 1. The van der Waals surface area contributed by atoms with E-state index >= 15 is 0 Å². The summed E-state index contributed by atoms with van der Waals surface area (Å²) in [7, 11) is 0. The number of aryl methyl sites for hydroxylation is 1. The lowest BCUT2D eigenvalue weighted by Gasteiger charge is -2.38. The fourth-order valence-electron chi connectivity index (χ4n) is 2.34. The third kappa shape index (κ3) is 2.40. The van der Waals surface area contributed by atoms with Crippen molar-refractivity contribution in [2.24, 2.45) is 5.41 Å². The fourth-order valence-corrected chi connectivity index (χ4v) is 2.34. The van der Waals surface area contributed by atoms with Crippen LogP contribution in [0.2, 0.25) is 0 Å². The van der Waals surface area contributed by atoms with Crippen LogP contribution in [-0.4, -0.2) is 24.7 Å². The highest BCUT2D eigenvalue weighted by Gasteiger charge is 2.33. The Kier molecular flexibility index (Phi) is 2.90. The highest BCUT2D eigenvalue weighted by Crippen LogP contribution is 2.29. The van der Waals surface area contributed by atoms with Crippen LogP contribution in [0.5, 0.6) is 0 Å². The molecule has 0 amide bonds. The third-order valence-corrected chi connectivity index (χ3v) is 3.51. The zero-order chi connectivity index (χ0) is 13.5. The molecule has 0 spiro atoms. The second kappa shape index (κ2) is 4.46. The molecular formula is C15H17FN2O. The predicted octanol–water partition coefficient (Wildman–Crippen LogP) is 3.13. The average molecular weight is 260 g/mol. The van der Waals surface area contributed by atoms with Crippen molar-refractivity contribution in [1.82, 2.24) is 4.98 Å². The number of hydrogen-bond donors (Lipinski definition) is 1. The molecule has 3 rings (SSSR count). The molecule has 3 nitrogen and oxygen atoms in total. The molecule has 100 valence electrons. The van der Waals surface area contributed by atoms with Crippen LogP contribution in [0.4, 0.5) is 10.1 Å². The Labute approximate surface area is 111 Å². The minimum atomic E-state index is -0.237. The van der Waals surface area contributed by atoms with Crippen molar-refractivity contribution in [3.8, 4) is 0 Å². The predicted molar refractivity (Wildman–Crippen MR) is 73.9 cm³/mol. The van der Waals surface area contributed by atoms with Gasteiger partial charge in [0.1, 0.15) is 5.82 Å². The van der Waals surface area contributed by atoms with E-state index < -0.39 is 0 Å². The Hall–Kier alpha value is -1.68. The maximum atomic E-state index is 13.4. The van der Waals surface area contributed by atoms with Crippen LogP contribution < -0.4 is 5.32 Å². The van der Waals surface area contributed by atoms with E-state index in [-0.39, 0.29) is 11.2 Å². The van der Waals surface area contributed by atoms with E-state index in [0.29, 0.717) is 0 Å². The molecular weight excluding hydrogens is 243 g/mol. The van der Waals surface area contributed by atoms with Gasteiger partial charge in [0.2, 0.25) is 0 Å². The molecule has 19 heavy (non-hydrogen) atoms. The standard InChI is InChI=1S/C15H17FN2O/c1-10-5-14(17-7-15(2)8-19-9-15)12-6-11(16)3-4-13(12)18-10/h3-6H,7-9H2,1-2H3,(H,17,18). The summed E-state index contributed by atoms with van der Waals surface area (Å²) in [6, 6.07) is 6.66. The van der Waals surface area contributed by atoms with E-state index in [2.05, 4.69) is 17.2 Å². The molecule has 1 aromatic carbocycles. The summed E-state index contributed by atoms with van der Waals surface area (Å²) in [6.45, 7) is 6.50. The molecule has 1 aliphatic heterocycles. The van der Waals surface area contributed by atoms with Crippen LogP contribution in [-0.2, 0) is 4.74 Å². The van der Waals surface area contributed by atoms with Crippen LogP contribution in [0.25, 0.3) is 10.9 Å². The molecule has 0 aliphatic carbocycles. The van der Waals surface area contributed by atoms with Gasteiger partial charge in [-0.2, -0.15) is 0 Å². The number of nitrogens with one attached hydrogen (secondary N) is 1. The fraction of sp³-hybridized carbons (Fsp3) is 0.400. The molecule has 2 heterocycles. The maximum absolute atomic E-state index is 13.4. The number of halogens is 1. The number of fused-ring (bicyclic) bond motifs is 1. The van der Waals surface area contributed by atoms with Gasteiger partial charge in [-0.15, -0.1) is 0 Å². The van der Waals surface area contributed by atoms with Gasteiger partial charge >= 0.3 is 0 Å². The van der Waals surface area contributed by atoms with Crippen LogP contribution in [0.3, 0.4) is 0 Å². The quantitative estimate of drug-likeness (QED) is 0.920. The topological polar surface area (TPSA) is 34.1 Å². The summed E-state index contributed by atoms with van der Waals surface area (Å²) < 4.78 is 18.6. The molecule has 1 aromatic heterocycles. The second-order valence-corrected chi connectivity index (χ2v) is 5.63. The van der Waals surface area contributed by atoms with Crippen LogP contribution in [0.1, 0.15) is 12.6 Å². The van der Waals surface area contributed by atoms with E-state index in [9.17, 15) is 4.39 Å². The minimum Gasteiger partial charge on any atom is -0.384 e. The number of pyridine rings is 1. The number of benzene rings is 1. The molecule has 0 radical (unpaired) electrons. The van der Waals surface area contributed by atoms with Crippen molar-refractivity contribution in [3.63, 3.8) is 0 Å². The zero-order valence-corrected chi connectivity index (χ0v) is 11.2. The molecule has 1 saturated heterocycles. The van der Waals surface area contributed by atoms with E-state index in [1.807, 2.05) is 13.0 Å². The maximum Gasteiger partial charge on any atom is 0.124 e. The summed E-state index contributed by atoms with van der Waals surface area (Å²) in [5.74, 6) is -0.237. The summed E-state index contributed by atoms with van der Waals surface area (Å²) in [4.78, 5) is 4.42. The molecule has 1 N–H and O–H groups in total. The first kappa shape index (κ1) is 12.4. The number of hydrogen-bond acceptors (Lipinski definition) is 3. The van der Waals surface area contributed by atoms with Gasteiger partial charge in [-0.25, -0.2) is 4.39 Å². The van der Waals surface area contributed by atoms with Gasteiger partial charge in [-0.05, 0) is 31.2 Å². The lowest BCUT2D eigenvalue weighted by Crippen LogP contribution is -2.45. The van der Waals surface area contributed by atoms with Crippen LogP contribution >= 0.6 is 0 Å². The van der Waals surface area contributed by atoms with Gasteiger partial charge in [0.15, 0.2) is 0 Å². The molecule has 4 heteroatoms. The van der Waals surface area contributed by atoms with Gasteiger partial charge in [0.05, 0.1) is 18.7 Å². The van der Waals surface area contributed by atoms with E-state index in [0.717, 1.165) is 42.0 Å². The summed E-state index contributed by atoms with van der Waals surface area (Å²) >= 11 is 0. The van der Waals surface area contributed by atoms with E-state index in [4.69, 9.17) is 4.74 Å². The van der Waals surface area contributed by atoms with Crippen LogP contribution in [0.15, 0.2) is 24.3 Å². The summed E-state index contributed by atoms with van der Waals surface area (Å²) in [5.41, 5.74) is 2.86. The summed E-state index contributed by atoms with van der Waals surface area (Å²) in [5, 5.41) is 4.24. The van der Waals surface area contributed by atoms with Gasteiger partial charge < -0.3 is 10.1 Å². The third-order valence-electron chi connectivity index (χ3n) is 3.51. The smallest absolute Gasteiger partial charge is 0.124 e. The Morgan fingerprint density at radius 3 is 2.84 bits per heavy atom. The number of ether oxygens (including phenoxy) is 1. The number of nitrogens with zero attached hydrogens (tertiary/aromatic N) is 1. The highest BCUT2D eigenvalue weighted by molar-refractivity contribution is 5.91. The number of aromatic nitrogens is 1. The molecule has 0 saturated carbocycles. The van der Waals surface area contributed by atoms with Crippen molar-refractivity contribution < 1.29 is 9.13 Å². The average Bonchev–Trinajstić information content (AvgIpc) is 2.34. The largest absolute Gasteiger partial charge is 0.384 e. The monoisotopic (exact) mass is 260 g/mol. The Balaban J connectivity index is 1.94. The molecule has 1 fully saturated rings. The SMILES string of the molecule is Cc1cc(NCC2(C)COC2)c2cc(F)ccc2n1. The second-order valence-electron chi connectivity index (χ2n) is 5.63. The van der Waals surface area contributed by atoms with Gasteiger partial charge in [-0.3, -0.25) is 4.98 Å². The lowest BCUT2D eigenvalue weighted by molar-refractivity contribution is -0.0924. The Morgan fingerprint density at radius 1 is 1.37 bits per heavy atom. The van der Waals surface area contributed by atoms with Crippen molar-refractivity contribution in [1.29, 1.82) is 0 Å². The first-order valence-corrected chi connectivity index (χ1v) is 6.44. The minimum absolute atomic E-state index is 0.177. The Morgan fingerprint density at radius 2 is 2.16 bits per heavy atom. The molecule has 0 atom stereocenters. The first-order valence-electron chi connectivity index (χ1n) is 6.44. The van der Waals surface area contributed by atoms with Crippen molar-refractivity contribution in [3.05, 3.63) is 35.8 Å². The van der Waals surface area contributed by atoms with Crippen molar-refractivity contribution in [2.75, 3.05) is 25.1 Å². The first-order chi connectivity index (χ1) is 9.06. The van der Waals surface area contributed by atoms with Crippen molar-refractivity contribution in [2.45, 2.75) is 13.8 Å². The normalized spacial score (nSPS) is 17.2. The number of rotatable bonds is 3. The van der Waals surface area contributed by atoms with Crippen molar-refractivity contribution >= 4 is 16.6 Å². The zero-order valence-electron chi connectivity index (χ0n) is 11.2. The molecule has 0 bridgehead atoms. The molecule has 1 aliphatic rings. The van der Waals surface area contributed by atoms with E-state index in [1.165, 1.54) is 12.1 Å². The van der Waals surface area contributed by atoms with Crippen LogP contribution in [0, 0.1) is 18.2 Å².